The Morgan fingerprint density at radius 1 is 0.739 bits per heavy atom. The van der Waals surface area contributed by atoms with Crippen LogP contribution in [0.4, 0.5) is 5.69 Å². The van der Waals surface area contributed by atoms with Crippen LogP contribution in [0.25, 0.3) is 0 Å². The van der Waals surface area contributed by atoms with Crippen molar-refractivity contribution in [3.05, 3.63) is 87.1 Å². The molecule has 4 N–H and O–H groups in total. The molecule has 3 nitrogen and oxygen atoms in total. The van der Waals surface area contributed by atoms with Gasteiger partial charge in [-0.3, -0.25) is 0 Å². The lowest BCUT2D eigenvalue weighted by Crippen LogP contribution is -1.98. The van der Waals surface area contributed by atoms with Gasteiger partial charge in [-0.2, -0.15) is 0 Å². The van der Waals surface area contributed by atoms with Gasteiger partial charge in [-0.25, -0.2) is 0 Å². The first kappa shape index (κ1) is 15.7. The molecule has 0 saturated heterocycles. The largest absolute Gasteiger partial charge is 0.399 e. The summed E-state index contributed by atoms with van der Waals surface area (Å²) < 4.78 is 0. The third-order valence-electron chi connectivity index (χ3n) is 3.83. The van der Waals surface area contributed by atoms with Crippen molar-refractivity contribution >= 4 is 17.0 Å². The highest BCUT2D eigenvalue weighted by Crippen LogP contribution is 2.34. The van der Waals surface area contributed by atoms with Crippen LogP contribution in [0.5, 0.6) is 0 Å². The van der Waals surface area contributed by atoms with E-state index in [9.17, 15) is 10.2 Å². The molecule has 0 saturated carbocycles. The first-order valence-corrected chi connectivity index (χ1v) is 8.24. The Morgan fingerprint density at radius 3 is 1.65 bits per heavy atom. The van der Waals surface area contributed by atoms with E-state index in [0.29, 0.717) is 5.69 Å². The molecule has 0 aliphatic heterocycles. The molecule has 23 heavy (non-hydrogen) atoms. The number of nitrogen functional groups attached to an aromatic ring is 1. The van der Waals surface area contributed by atoms with E-state index in [1.54, 1.807) is 12.1 Å². The predicted molar refractivity (Wildman–Crippen MR) is 94.5 cm³/mol. The summed E-state index contributed by atoms with van der Waals surface area (Å²) in [6.07, 6.45) is -1.38. The summed E-state index contributed by atoms with van der Waals surface area (Å²) in [4.78, 5) is 1.62. The Labute approximate surface area is 139 Å². The lowest BCUT2D eigenvalue weighted by Gasteiger charge is -2.11. The maximum absolute atomic E-state index is 10.5. The molecule has 118 valence electrons. The summed E-state index contributed by atoms with van der Waals surface area (Å²) >= 11 is 1.42. The second kappa shape index (κ2) is 6.54. The summed E-state index contributed by atoms with van der Waals surface area (Å²) in [7, 11) is 0. The molecule has 2 aromatic carbocycles. The highest BCUT2D eigenvalue weighted by Gasteiger charge is 2.17. The molecule has 2 atom stereocenters. The fourth-order valence-corrected chi connectivity index (χ4v) is 3.46. The van der Waals surface area contributed by atoms with Crippen LogP contribution in [-0.4, -0.2) is 10.2 Å². The van der Waals surface area contributed by atoms with Gasteiger partial charge in [-0.15, -0.1) is 11.3 Å². The molecule has 4 heteroatoms. The van der Waals surface area contributed by atoms with E-state index in [0.717, 1.165) is 26.4 Å². The monoisotopic (exact) mass is 325 g/mol. The highest BCUT2D eigenvalue weighted by molar-refractivity contribution is 7.12. The maximum atomic E-state index is 10.5. The molecule has 0 radical (unpaired) electrons. The lowest BCUT2D eigenvalue weighted by atomic mass is 10.1. The number of aliphatic hydroxyl groups excluding tert-OH is 2. The number of anilines is 1. The number of aryl methyl sites for hydroxylation is 1. The van der Waals surface area contributed by atoms with Crippen molar-refractivity contribution in [2.75, 3.05) is 5.73 Å². The summed E-state index contributed by atoms with van der Waals surface area (Å²) in [5.74, 6) is 0. The van der Waals surface area contributed by atoms with Gasteiger partial charge in [0.1, 0.15) is 12.2 Å². The average molecular weight is 325 g/mol. The molecule has 0 aliphatic rings. The molecule has 2 unspecified atom stereocenters. The van der Waals surface area contributed by atoms with Crippen LogP contribution in [0.15, 0.2) is 60.7 Å². The minimum atomic E-state index is -0.709. The van der Waals surface area contributed by atoms with E-state index < -0.39 is 12.2 Å². The minimum absolute atomic E-state index is 0.669. The molecule has 0 bridgehead atoms. The van der Waals surface area contributed by atoms with Crippen LogP contribution >= 0.6 is 11.3 Å². The summed E-state index contributed by atoms with van der Waals surface area (Å²) in [5, 5.41) is 21.0. The normalized spacial score (nSPS) is 13.7. The molecule has 0 amide bonds. The minimum Gasteiger partial charge on any atom is -0.399 e. The van der Waals surface area contributed by atoms with Crippen molar-refractivity contribution in [2.45, 2.75) is 19.1 Å². The zero-order chi connectivity index (χ0) is 16.4. The van der Waals surface area contributed by atoms with Crippen LogP contribution in [0.3, 0.4) is 0 Å². The molecule has 0 aliphatic carbocycles. The van der Waals surface area contributed by atoms with E-state index >= 15 is 0 Å². The Morgan fingerprint density at radius 2 is 1.17 bits per heavy atom. The van der Waals surface area contributed by atoms with E-state index in [1.165, 1.54) is 11.3 Å². The van der Waals surface area contributed by atoms with Crippen molar-refractivity contribution < 1.29 is 10.2 Å². The molecule has 0 fully saturated rings. The third kappa shape index (κ3) is 3.45. The number of rotatable bonds is 4. The zero-order valence-corrected chi connectivity index (χ0v) is 13.6. The fourth-order valence-electron chi connectivity index (χ4n) is 2.42. The summed E-state index contributed by atoms with van der Waals surface area (Å²) in [6, 6.07) is 18.7. The number of hydrogen-bond acceptors (Lipinski definition) is 4. The number of aliphatic hydroxyl groups is 2. The van der Waals surface area contributed by atoms with Gasteiger partial charge in [-0.05, 0) is 42.3 Å². The first-order chi connectivity index (χ1) is 11.0. The lowest BCUT2D eigenvalue weighted by molar-refractivity contribution is 0.223. The highest BCUT2D eigenvalue weighted by atomic mass is 32.1. The van der Waals surface area contributed by atoms with Crippen molar-refractivity contribution in [1.82, 2.24) is 0 Å². The second-order valence-corrected chi connectivity index (χ2v) is 6.77. The Bertz CT molecular complexity index is 712. The smallest absolute Gasteiger partial charge is 0.113 e. The number of benzene rings is 2. The van der Waals surface area contributed by atoms with Crippen LogP contribution in [0.2, 0.25) is 0 Å². The molecule has 1 heterocycles. The molecule has 1 aromatic heterocycles. The summed E-state index contributed by atoms with van der Waals surface area (Å²) in [5.41, 5.74) is 9.14. The molecule has 3 aromatic rings. The van der Waals surface area contributed by atoms with Crippen molar-refractivity contribution in [1.29, 1.82) is 0 Å². The number of hydrogen-bond donors (Lipinski definition) is 3. The molecule has 3 rings (SSSR count). The Kier molecular flexibility index (Phi) is 4.48. The molecular weight excluding hydrogens is 306 g/mol. The van der Waals surface area contributed by atoms with Gasteiger partial charge in [0.15, 0.2) is 0 Å². The van der Waals surface area contributed by atoms with E-state index in [1.807, 2.05) is 55.5 Å². The third-order valence-corrected chi connectivity index (χ3v) is 5.02. The predicted octanol–water partition coefficient (Wildman–Crippen LogP) is 3.80. The quantitative estimate of drug-likeness (QED) is 0.639. The van der Waals surface area contributed by atoms with Gasteiger partial charge in [0.2, 0.25) is 0 Å². The maximum Gasteiger partial charge on any atom is 0.113 e. The zero-order valence-electron chi connectivity index (χ0n) is 12.8. The van der Waals surface area contributed by atoms with Crippen LogP contribution in [0, 0.1) is 6.92 Å². The molecular formula is C19H19NO2S. The van der Waals surface area contributed by atoms with Crippen LogP contribution in [0.1, 0.15) is 38.7 Å². The topological polar surface area (TPSA) is 66.5 Å². The van der Waals surface area contributed by atoms with Gasteiger partial charge in [0.25, 0.3) is 0 Å². The number of nitrogens with two attached hydrogens (primary N) is 1. The molecule has 0 spiro atoms. The number of thiophene rings is 1. The van der Waals surface area contributed by atoms with E-state index in [-0.39, 0.29) is 0 Å². The van der Waals surface area contributed by atoms with Gasteiger partial charge < -0.3 is 15.9 Å². The van der Waals surface area contributed by atoms with Gasteiger partial charge >= 0.3 is 0 Å². The fraction of sp³-hybridized carbons (Fsp3) is 0.158. The van der Waals surface area contributed by atoms with Crippen molar-refractivity contribution in [2.24, 2.45) is 0 Å². The van der Waals surface area contributed by atoms with Crippen molar-refractivity contribution in [3.8, 4) is 0 Å². The van der Waals surface area contributed by atoms with E-state index in [4.69, 9.17) is 5.73 Å². The second-order valence-electron chi connectivity index (χ2n) is 5.62. The Balaban J connectivity index is 1.82. The van der Waals surface area contributed by atoms with Crippen LogP contribution in [-0.2, 0) is 0 Å². The SMILES string of the molecule is Cc1ccc(C(O)c2ccc(C(O)c3ccc(N)cc3)s2)cc1. The van der Waals surface area contributed by atoms with Crippen molar-refractivity contribution in [3.63, 3.8) is 0 Å². The van der Waals surface area contributed by atoms with E-state index in [2.05, 4.69) is 0 Å². The van der Waals surface area contributed by atoms with Gasteiger partial charge in [0.05, 0.1) is 0 Å². The first-order valence-electron chi connectivity index (χ1n) is 7.42. The average Bonchev–Trinajstić information content (AvgIpc) is 3.05. The summed E-state index contributed by atoms with van der Waals surface area (Å²) in [6.45, 7) is 2.02. The van der Waals surface area contributed by atoms with Gasteiger partial charge in [-0.1, -0.05) is 42.0 Å². The van der Waals surface area contributed by atoms with Crippen LogP contribution < -0.4 is 5.73 Å². The Hall–Kier alpha value is -2.14. The standard InChI is InChI=1S/C19H19NO2S/c1-12-2-4-13(5-3-12)18(21)16-10-11-17(23-16)19(22)14-6-8-15(20)9-7-14/h2-11,18-19,21-22H,20H2,1H3. The van der Waals surface area contributed by atoms with Gasteiger partial charge in [0, 0.05) is 15.4 Å².